The minimum Gasteiger partial charge on any atom is -0.465 e. The highest BCUT2D eigenvalue weighted by molar-refractivity contribution is 5.31. The second-order valence-corrected chi connectivity index (χ2v) is 11.6. The van der Waals surface area contributed by atoms with E-state index >= 15 is 0 Å². The van der Waals surface area contributed by atoms with Crippen molar-refractivity contribution in [3.05, 3.63) is 65.7 Å². The third kappa shape index (κ3) is 7.38. The number of benzene rings is 2. The van der Waals surface area contributed by atoms with E-state index in [1.807, 2.05) is 6.07 Å². The van der Waals surface area contributed by atoms with E-state index in [1.54, 1.807) is 0 Å². The van der Waals surface area contributed by atoms with Crippen LogP contribution in [0.25, 0.3) is 0 Å². The zero-order chi connectivity index (χ0) is 22.5. The van der Waals surface area contributed by atoms with Crippen LogP contribution >= 0.6 is 0 Å². The minimum atomic E-state index is -0.179. The van der Waals surface area contributed by atoms with Crippen LogP contribution in [0.5, 0.6) is 5.75 Å². The Balaban J connectivity index is 1.71. The molecule has 0 radical (unpaired) electrons. The first kappa shape index (κ1) is 23.9. The molecule has 0 aromatic heterocycles. The van der Waals surface area contributed by atoms with E-state index in [0.717, 1.165) is 5.75 Å². The maximum absolute atomic E-state index is 6.42. The van der Waals surface area contributed by atoms with Crippen LogP contribution in [-0.4, -0.2) is 6.29 Å². The van der Waals surface area contributed by atoms with Gasteiger partial charge in [-0.05, 0) is 59.3 Å². The van der Waals surface area contributed by atoms with Gasteiger partial charge in [-0.25, -0.2) is 0 Å². The monoisotopic (exact) mass is 422 g/mol. The molecular formula is C29H42O2. The smallest absolute Gasteiger partial charge is 0.202 e. The van der Waals surface area contributed by atoms with Gasteiger partial charge in [0.25, 0.3) is 0 Å². The van der Waals surface area contributed by atoms with Gasteiger partial charge in [-0.1, -0.05) is 96.8 Å². The van der Waals surface area contributed by atoms with Crippen molar-refractivity contribution >= 4 is 0 Å². The molecule has 1 aliphatic carbocycles. The number of ether oxygens (including phenoxy) is 2. The highest BCUT2D eigenvalue weighted by Gasteiger charge is 2.31. The van der Waals surface area contributed by atoms with Gasteiger partial charge >= 0.3 is 0 Å². The molecule has 0 saturated heterocycles. The first-order valence-electron chi connectivity index (χ1n) is 12.0. The van der Waals surface area contributed by atoms with Crippen molar-refractivity contribution in [2.75, 3.05) is 0 Å². The van der Waals surface area contributed by atoms with Gasteiger partial charge in [0.1, 0.15) is 5.75 Å². The lowest BCUT2D eigenvalue weighted by Crippen LogP contribution is -2.28. The second kappa shape index (κ2) is 10.2. The molecule has 1 saturated carbocycles. The van der Waals surface area contributed by atoms with Gasteiger partial charge in [0, 0.05) is 5.92 Å². The van der Waals surface area contributed by atoms with Crippen molar-refractivity contribution in [1.82, 2.24) is 0 Å². The normalized spacial score (nSPS) is 17.5. The molecule has 2 atom stereocenters. The Morgan fingerprint density at radius 2 is 1.45 bits per heavy atom. The van der Waals surface area contributed by atoms with E-state index in [0.29, 0.717) is 23.9 Å². The third-order valence-electron chi connectivity index (χ3n) is 6.44. The minimum absolute atomic E-state index is 0.179. The lowest BCUT2D eigenvalue weighted by atomic mass is 9.69. The van der Waals surface area contributed by atoms with Gasteiger partial charge in [0.2, 0.25) is 6.29 Å². The maximum Gasteiger partial charge on any atom is 0.202 e. The first-order chi connectivity index (χ1) is 14.6. The predicted molar refractivity (Wildman–Crippen MR) is 130 cm³/mol. The fourth-order valence-electron chi connectivity index (χ4n) is 4.70. The first-order valence-corrected chi connectivity index (χ1v) is 12.0. The molecule has 2 heteroatoms. The standard InChI is InChI=1S/C29H42O2/c1-28(2,3)20-26(29(4,5)6)23-16-18-25(19-17-23)31-27(24-14-10-11-15-24)30-21-22-12-8-7-9-13-22/h7-9,12-13,16-19,24,26-27H,10-11,14-15,20-21H2,1-6H3. The summed E-state index contributed by atoms with van der Waals surface area (Å²) < 4.78 is 12.7. The molecule has 2 aromatic rings. The van der Waals surface area contributed by atoms with Crippen LogP contribution in [-0.2, 0) is 11.3 Å². The summed E-state index contributed by atoms with van der Waals surface area (Å²) >= 11 is 0. The van der Waals surface area contributed by atoms with Crippen LogP contribution in [0.3, 0.4) is 0 Å². The molecule has 170 valence electrons. The van der Waals surface area contributed by atoms with E-state index in [2.05, 4.69) is 90.1 Å². The second-order valence-electron chi connectivity index (χ2n) is 11.6. The topological polar surface area (TPSA) is 18.5 Å². The Kier molecular flexibility index (Phi) is 7.86. The third-order valence-corrected chi connectivity index (χ3v) is 6.44. The van der Waals surface area contributed by atoms with E-state index in [1.165, 1.54) is 43.2 Å². The Morgan fingerprint density at radius 1 is 0.839 bits per heavy atom. The van der Waals surface area contributed by atoms with Crippen molar-refractivity contribution in [3.8, 4) is 5.75 Å². The molecule has 0 aliphatic heterocycles. The summed E-state index contributed by atoms with van der Waals surface area (Å²) in [5.74, 6) is 1.91. The van der Waals surface area contributed by atoms with Crippen LogP contribution in [0, 0.1) is 16.7 Å². The van der Waals surface area contributed by atoms with Gasteiger partial charge in [-0.3, -0.25) is 0 Å². The Morgan fingerprint density at radius 3 is 2.00 bits per heavy atom. The van der Waals surface area contributed by atoms with E-state index < -0.39 is 0 Å². The summed E-state index contributed by atoms with van der Waals surface area (Å²) in [5.41, 5.74) is 3.12. The zero-order valence-corrected chi connectivity index (χ0v) is 20.5. The van der Waals surface area contributed by atoms with Crippen molar-refractivity contribution < 1.29 is 9.47 Å². The fourth-order valence-corrected chi connectivity index (χ4v) is 4.70. The van der Waals surface area contributed by atoms with E-state index in [9.17, 15) is 0 Å². The number of rotatable bonds is 8. The Hall–Kier alpha value is -1.80. The van der Waals surface area contributed by atoms with Crippen LogP contribution in [0.15, 0.2) is 54.6 Å². The molecule has 1 fully saturated rings. The van der Waals surface area contributed by atoms with Crippen molar-refractivity contribution in [1.29, 1.82) is 0 Å². The van der Waals surface area contributed by atoms with Crippen molar-refractivity contribution in [3.63, 3.8) is 0 Å². The van der Waals surface area contributed by atoms with Crippen LogP contribution < -0.4 is 4.74 Å². The number of hydrogen-bond acceptors (Lipinski definition) is 2. The predicted octanol–water partition coefficient (Wildman–Crippen LogP) is 8.36. The molecule has 0 spiro atoms. The molecule has 2 aromatic carbocycles. The zero-order valence-electron chi connectivity index (χ0n) is 20.5. The van der Waals surface area contributed by atoms with Gasteiger partial charge < -0.3 is 9.47 Å². The lowest BCUT2D eigenvalue weighted by Gasteiger charge is -2.36. The van der Waals surface area contributed by atoms with Crippen molar-refractivity contribution in [2.45, 2.75) is 92.5 Å². The van der Waals surface area contributed by atoms with Gasteiger partial charge in [0.05, 0.1) is 6.61 Å². The average molecular weight is 423 g/mol. The van der Waals surface area contributed by atoms with Gasteiger partial charge in [-0.2, -0.15) is 0 Å². The SMILES string of the molecule is CC(C)(C)CC(c1ccc(OC(OCc2ccccc2)C2CCCC2)cc1)C(C)(C)C. The average Bonchev–Trinajstić information content (AvgIpc) is 3.24. The van der Waals surface area contributed by atoms with Crippen LogP contribution in [0.4, 0.5) is 0 Å². The van der Waals surface area contributed by atoms with Crippen LogP contribution in [0.2, 0.25) is 0 Å². The summed E-state index contributed by atoms with van der Waals surface area (Å²) in [4.78, 5) is 0. The number of hydrogen-bond donors (Lipinski definition) is 0. The van der Waals surface area contributed by atoms with Gasteiger partial charge in [0.15, 0.2) is 0 Å². The quantitative estimate of drug-likeness (QED) is 0.398. The summed E-state index contributed by atoms with van der Waals surface area (Å²) in [6, 6.07) is 19.2. The summed E-state index contributed by atoms with van der Waals surface area (Å²) in [5, 5.41) is 0. The maximum atomic E-state index is 6.42. The van der Waals surface area contributed by atoms with E-state index in [4.69, 9.17) is 9.47 Å². The molecule has 3 rings (SSSR count). The molecular weight excluding hydrogens is 380 g/mol. The van der Waals surface area contributed by atoms with E-state index in [-0.39, 0.29) is 11.7 Å². The fraction of sp³-hybridized carbons (Fsp3) is 0.586. The molecule has 2 nitrogen and oxygen atoms in total. The molecule has 2 unspecified atom stereocenters. The Bertz CT molecular complexity index is 774. The van der Waals surface area contributed by atoms with Crippen molar-refractivity contribution in [2.24, 2.45) is 16.7 Å². The molecule has 0 bridgehead atoms. The van der Waals surface area contributed by atoms with Crippen LogP contribution in [0.1, 0.15) is 90.7 Å². The largest absolute Gasteiger partial charge is 0.465 e. The molecule has 1 aliphatic rings. The molecule has 31 heavy (non-hydrogen) atoms. The summed E-state index contributed by atoms with van der Waals surface area (Å²) in [6.45, 7) is 14.6. The highest BCUT2D eigenvalue weighted by atomic mass is 16.7. The molecule has 0 N–H and O–H groups in total. The molecule has 0 amide bonds. The summed E-state index contributed by atoms with van der Waals surface area (Å²) in [6.07, 6.45) is 5.92. The summed E-state index contributed by atoms with van der Waals surface area (Å²) in [7, 11) is 0. The lowest BCUT2D eigenvalue weighted by molar-refractivity contribution is -0.122. The molecule has 0 heterocycles. The highest BCUT2D eigenvalue weighted by Crippen LogP contribution is 2.43. The van der Waals surface area contributed by atoms with Gasteiger partial charge in [-0.15, -0.1) is 0 Å². The Labute approximate surface area is 190 Å².